The fourth-order valence-corrected chi connectivity index (χ4v) is 5.32. The number of amides is 2. The van der Waals surface area contributed by atoms with Crippen molar-refractivity contribution in [1.29, 1.82) is 0 Å². The Morgan fingerprint density at radius 1 is 0.957 bits per heavy atom. The molecule has 12 heteroatoms. The third-order valence-corrected chi connectivity index (χ3v) is 7.83. The third kappa shape index (κ3) is 7.65. The maximum Gasteiger partial charge on any atom is 0.416 e. The fourth-order valence-electron chi connectivity index (χ4n) is 4.96. The second-order valence-electron chi connectivity index (χ2n) is 10.5. The summed E-state index contributed by atoms with van der Waals surface area (Å²) in [6.45, 7) is 2.41. The summed E-state index contributed by atoms with van der Waals surface area (Å²) < 4.78 is 40.3. The Kier molecular flexibility index (Phi) is 10.7. The molecule has 0 radical (unpaired) electrons. The second-order valence-corrected chi connectivity index (χ2v) is 10.8. The molecule has 4 aromatic carbocycles. The van der Waals surface area contributed by atoms with Crippen molar-refractivity contribution in [1.82, 2.24) is 9.88 Å². The van der Waals surface area contributed by atoms with E-state index in [-0.39, 0.29) is 22.5 Å². The molecule has 0 saturated carbocycles. The van der Waals surface area contributed by atoms with Gasteiger partial charge in [-0.2, -0.15) is 13.2 Å². The van der Waals surface area contributed by atoms with E-state index in [1.165, 1.54) is 21.6 Å². The first-order valence-electron chi connectivity index (χ1n) is 14.4. The number of hydrogen-bond acceptors (Lipinski definition) is 3. The van der Waals surface area contributed by atoms with Crippen molar-refractivity contribution < 1.29 is 32.7 Å². The molecular formula is C35H31ClF3N4O4-. The number of halogens is 4. The lowest BCUT2D eigenvalue weighted by molar-refractivity contribution is -0.137. The molecule has 1 heterocycles. The number of hydrogen-bond donors (Lipinski definition) is 2. The molecule has 1 unspecified atom stereocenters. The van der Waals surface area contributed by atoms with Gasteiger partial charge in [-0.05, 0) is 60.5 Å². The molecule has 244 valence electrons. The molecule has 0 aliphatic heterocycles. The van der Waals surface area contributed by atoms with E-state index >= 15 is 0 Å². The van der Waals surface area contributed by atoms with Crippen molar-refractivity contribution in [3.05, 3.63) is 130 Å². The van der Waals surface area contributed by atoms with Crippen LogP contribution in [0.15, 0.2) is 97.1 Å². The van der Waals surface area contributed by atoms with E-state index in [4.69, 9.17) is 17.3 Å². The van der Waals surface area contributed by atoms with Gasteiger partial charge < -0.3 is 25.6 Å². The minimum absolute atomic E-state index is 0.0598. The van der Waals surface area contributed by atoms with E-state index in [0.717, 1.165) is 17.7 Å². The Balaban J connectivity index is 0.000000323. The number of fused-ring (bicyclic) bond motifs is 1. The van der Waals surface area contributed by atoms with Gasteiger partial charge in [-0.15, -0.1) is 0 Å². The first-order valence-corrected chi connectivity index (χ1v) is 14.7. The highest BCUT2D eigenvalue weighted by Crippen LogP contribution is 2.35. The zero-order chi connectivity index (χ0) is 34.5. The minimum Gasteiger partial charge on any atom is -0.663 e. The number of rotatable bonds is 7. The van der Waals surface area contributed by atoms with E-state index in [1.807, 2.05) is 25.1 Å². The van der Waals surface area contributed by atoms with Crippen molar-refractivity contribution in [2.45, 2.75) is 19.1 Å². The van der Waals surface area contributed by atoms with Crippen LogP contribution in [-0.2, 0) is 18.0 Å². The molecule has 8 nitrogen and oxygen atoms in total. The van der Waals surface area contributed by atoms with Gasteiger partial charge in [-0.1, -0.05) is 77.8 Å². The third-order valence-electron chi connectivity index (χ3n) is 7.44. The maximum absolute atomic E-state index is 13.4. The molecule has 5 aromatic rings. The number of carboxylic acid groups (broad SMARTS) is 1. The molecule has 47 heavy (non-hydrogen) atoms. The highest BCUT2D eigenvalue weighted by molar-refractivity contribution is 6.38. The van der Waals surface area contributed by atoms with Crippen LogP contribution >= 0.6 is 11.6 Å². The summed E-state index contributed by atoms with van der Waals surface area (Å²) in [6.07, 6.45) is -4.45. The number of likely N-dealkylation sites (N-methyl/N-ethyl adjacent to an activating group) is 1. The Hall–Kier alpha value is -5.13. The van der Waals surface area contributed by atoms with Gasteiger partial charge in [0.2, 0.25) is 5.91 Å². The molecule has 0 spiro atoms. The number of anilines is 1. The molecule has 2 amide bonds. The largest absolute Gasteiger partial charge is 0.663 e. The first kappa shape index (κ1) is 34.7. The van der Waals surface area contributed by atoms with E-state index < -0.39 is 23.8 Å². The van der Waals surface area contributed by atoms with E-state index in [0.29, 0.717) is 39.8 Å². The summed E-state index contributed by atoms with van der Waals surface area (Å²) in [7, 11) is 3.15. The average molecular weight is 664 g/mol. The van der Waals surface area contributed by atoms with Gasteiger partial charge >= 0.3 is 12.1 Å². The van der Waals surface area contributed by atoms with E-state index in [1.54, 1.807) is 68.7 Å². The normalized spacial score (nSPS) is 11.7. The number of aromatic carboxylic acids is 1. The second kappa shape index (κ2) is 14.5. The number of benzene rings is 4. The Bertz CT molecular complexity index is 1910. The van der Waals surface area contributed by atoms with Crippen LogP contribution in [0.1, 0.15) is 44.9 Å². The molecule has 5 rings (SSSR count). The summed E-state index contributed by atoms with van der Waals surface area (Å²) in [6, 6.07) is 24.5. The SMILES string of the molecule is CCNC(=O)C([NH-])c1ccccc1.CN(C(=O)c1ccccc1-c1ccc(C(F)(F)F)cc1)c1ccc2c(c1)c(Cl)c(C(=O)O)n2C. The number of alkyl halides is 3. The number of carboxylic acids is 1. The molecule has 0 fully saturated rings. The highest BCUT2D eigenvalue weighted by Gasteiger charge is 2.30. The number of nitrogens with one attached hydrogen (secondary N) is 2. The van der Waals surface area contributed by atoms with Crippen LogP contribution in [0.3, 0.4) is 0 Å². The lowest BCUT2D eigenvalue weighted by atomic mass is 9.97. The van der Waals surface area contributed by atoms with E-state index in [9.17, 15) is 32.7 Å². The van der Waals surface area contributed by atoms with E-state index in [2.05, 4.69) is 5.32 Å². The highest BCUT2D eigenvalue weighted by atomic mass is 35.5. The van der Waals surface area contributed by atoms with Gasteiger partial charge in [0.15, 0.2) is 0 Å². The number of aryl methyl sites for hydroxylation is 1. The fraction of sp³-hybridized carbons (Fsp3) is 0.171. The van der Waals surface area contributed by atoms with Gasteiger partial charge in [0, 0.05) is 37.3 Å². The van der Waals surface area contributed by atoms with Crippen LogP contribution in [0.25, 0.3) is 27.8 Å². The lowest BCUT2D eigenvalue weighted by Gasteiger charge is -2.20. The Morgan fingerprint density at radius 3 is 2.17 bits per heavy atom. The van der Waals surface area contributed by atoms with Gasteiger partial charge in [-0.3, -0.25) is 9.59 Å². The van der Waals surface area contributed by atoms with Gasteiger partial charge in [0.25, 0.3) is 5.91 Å². The zero-order valence-electron chi connectivity index (χ0n) is 25.6. The minimum atomic E-state index is -4.45. The van der Waals surface area contributed by atoms with Crippen LogP contribution in [-0.4, -0.2) is 41.0 Å². The van der Waals surface area contributed by atoms with Crippen molar-refractivity contribution in [3.63, 3.8) is 0 Å². The lowest BCUT2D eigenvalue weighted by Crippen LogP contribution is -2.27. The van der Waals surface area contributed by atoms with Crippen LogP contribution < -0.4 is 10.2 Å². The molecule has 0 aliphatic carbocycles. The number of carbonyl (C=O) groups is 3. The molecule has 1 aromatic heterocycles. The maximum atomic E-state index is 13.4. The average Bonchev–Trinajstić information content (AvgIpc) is 3.32. The smallest absolute Gasteiger partial charge is 0.416 e. The zero-order valence-corrected chi connectivity index (χ0v) is 26.4. The number of carbonyl (C=O) groups excluding carboxylic acids is 2. The summed E-state index contributed by atoms with van der Waals surface area (Å²) >= 11 is 6.30. The molecule has 0 bridgehead atoms. The summed E-state index contributed by atoms with van der Waals surface area (Å²) in [5, 5.41) is 12.6. The van der Waals surface area contributed by atoms with Crippen molar-refractivity contribution in [2.24, 2.45) is 7.05 Å². The molecule has 0 aliphatic rings. The Morgan fingerprint density at radius 2 is 1.57 bits per heavy atom. The molecule has 1 atom stereocenters. The monoisotopic (exact) mass is 663 g/mol. The first-order chi connectivity index (χ1) is 22.3. The molecule has 0 saturated heterocycles. The van der Waals surface area contributed by atoms with Crippen LogP contribution in [0.4, 0.5) is 18.9 Å². The summed E-state index contributed by atoms with van der Waals surface area (Å²) in [5.41, 5.74) is 9.84. The van der Waals surface area contributed by atoms with Gasteiger partial charge in [0.05, 0.1) is 16.1 Å². The summed E-state index contributed by atoms with van der Waals surface area (Å²) in [4.78, 5) is 37.5. The van der Waals surface area contributed by atoms with Gasteiger partial charge in [-0.25, -0.2) is 4.79 Å². The quantitative estimate of drug-likeness (QED) is 0.182. The standard InChI is InChI=1S/C25H18ClF3N2O3.C10H13N2O/c1-30(16-11-12-20-19(13-16)21(26)22(24(33)34)31(20)2)23(32)18-6-4-3-5-17(18)14-7-9-15(10-8-14)25(27,28)29;1-2-12-10(13)9(11)8-6-4-3-5-7-8/h3-13H,1-2H3,(H,33,34);3-7,9,11H,2H2,1H3,(H,12,13)/q;-1. The van der Waals surface area contributed by atoms with Crippen molar-refractivity contribution in [2.75, 3.05) is 18.5 Å². The molecule has 3 N–H and O–H groups in total. The van der Waals surface area contributed by atoms with Crippen molar-refractivity contribution in [3.8, 4) is 11.1 Å². The van der Waals surface area contributed by atoms with Crippen LogP contribution in [0, 0.1) is 0 Å². The predicted molar refractivity (Wildman–Crippen MR) is 177 cm³/mol. The Labute approximate surface area is 274 Å². The van der Waals surface area contributed by atoms with Crippen LogP contribution in [0.5, 0.6) is 0 Å². The molecular weight excluding hydrogens is 633 g/mol. The summed E-state index contributed by atoms with van der Waals surface area (Å²) in [5.74, 6) is -1.80. The van der Waals surface area contributed by atoms with Crippen molar-refractivity contribution >= 4 is 46.0 Å². The number of nitrogens with zero attached hydrogens (tertiary/aromatic N) is 2. The predicted octanol–water partition coefficient (Wildman–Crippen LogP) is 8.41. The van der Waals surface area contributed by atoms with Crippen LogP contribution in [0.2, 0.25) is 5.02 Å². The van der Waals surface area contributed by atoms with Gasteiger partial charge in [0.1, 0.15) is 5.69 Å². The number of aromatic nitrogens is 1. The topological polar surface area (TPSA) is 115 Å².